The standard InChI is InChI=1S/C16H19NO2/c18-12-4-7-16(15-5-2-1-3-6-15)19-13-14-8-10-17-11-9-14/h1-3,5-6,8-11,16,18H,4,7,12-13H2. The molecule has 2 rings (SSSR count). The number of hydrogen-bond acceptors (Lipinski definition) is 3. The zero-order valence-electron chi connectivity index (χ0n) is 10.9. The van der Waals surface area contributed by atoms with Gasteiger partial charge in [0.15, 0.2) is 0 Å². The molecule has 0 fully saturated rings. The van der Waals surface area contributed by atoms with E-state index >= 15 is 0 Å². The molecular formula is C16H19NO2. The second kappa shape index (κ2) is 7.67. The third kappa shape index (κ3) is 4.47. The summed E-state index contributed by atoms with van der Waals surface area (Å²) in [5.74, 6) is 0. The van der Waals surface area contributed by atoms with Gasteiger partial charge in [0.1, 0.15) is 0 Å². The summed E-state index contributed by atoms with van der Waals surface area (Å²) in [5.41, 5.74) is 2.27. The first kappa shape index (κ1) is 13.7. The van der Waals surface area contributed by atoms with Crippen molar-refractivity contribution in [3.05, 3.63) is 66.0 Å². The van der Waals surface area contributed by atoms with E-state index in [0.717, 1.165) is 24.0 Å². The quantitative estimate of drug-likeness (QED) is 0.828. The van der Waals surface area contributed by atoms with Gasteiger partial charge in [-0.2, -0.15) is 0 Å². The van der Waals surface area contributed by atoms with Gasteiger partial charge in [-0.25, -0.2) is 0 Å². The van der Waals surface area contributed by atoms with Gasteiger partial charge in [-0.3, -0.25) is 4.98 Å². The number of aliphatic hydroxyl groups excluding tert-OH is 1. The second-order valence-electron chi connectivity index (χ2n) is 4.43. The predicted octanol–water partition coefficient (Wildman–Crippen LogP) is 3.11. The highest BCUT2D eigenvalue weighted by Crippen LogP contribution is 2.23. The molecule has 1 aromatic carbocycles. The van der Waals surface area contributed by atoms with Crippen molar-refractivity contribution in [2.45, 2.75) is 25.6 Å². The highest BCUT2D eigenvalue weighted by atomic mass is 16.5. The third-order valence-electron chi connectivity index (χ3n) is 3.00. The molecule has 1 unspecified atom stereocenters. The Bertz CT molecular complexity index is 459. The summed E-state index contributed by atoms with van der Waals surface area (Å²) >= 11 is 0. The molecule has 0 saturated heterocycles. The molecule has 3 heteroatoms. The molecule has 0 aliphatic carbocycles. The molecule has 0 bridgehead atoms. The molecule has 1 atom stereocenters. The van der Waals surface area contributed by atoms with Gasteiger partial charge in [0.05, 0.1) is 12.7 Å². The lowest BCUT2D eigenvalue weighted by molar-refractivity contribution is 0.0295. The fourth-order valence-corrected chi connectivity index (χ4v) is 1.97. The zero-order valence-corrected chi connectivity index (χ0v) is 10.9. The number of hydrogen-bond donors (Lipinski definition) is 1. The van der Waals surface area contributed by atoms with Crippen LogP contribution in [0, 0.1) is 0 Å². The van der Waals surface area contributed by atoms with Gasteiger partial charge in [0, 0.05) is 19.0 Å². The van der Waals surface area contributed by atoms with Crippen LogP contribution >= 0.6 is 0 Å². The van der Waals surface area contributed by atoms with Crippen LogP contribution in [-0.2, 0) is 11.3 Å². The maximum atomic E-state index is 8.98. The van der Waals surface area contributed by atoms with Crippen LogP contribution in [0.1, 0.15) is 30.1 Å². The van der Waals surface area contributed by atoms with Gasteiger partial charge in [0.25, 0.3) is 0 Å². The first-order valence-corrected chi connectivity index (χ1v) is 6.56. The SMILES string of the molecule is OCCCC(OCc1ccncc1)c1ccccc1. The molecule has 1 heterocycles. The van der Waals surface area contributed by atoms with Gasteiger partial charge < -0.3 is 9.84 Å². The molecule has 19 heavy (non-hydrogen) atoms. The first-order chi connectivity index (χ1) is 9.40. The molecule has 100 valence electrons. The average molecular weight is 257 g/mol. The van der Waals surface area contributed by atoms with Crippen LogP contribution in [0.5, 0.6) is 0 Å². The largest absolute Gasteiger partial charge is 0.396 e. The Kier molecular flexibility index (Phi) is 5.53. The maximum absolute atomic E-state index is 8.98. The van der Waals surface area contributed by atoms with Gasteiger partial charge in [-0.15, -0.1) is 0 Å². The number of benzene rings is 1. The summed E-state index contributed by atoms with van der Waals surface area (Å²) in [5, 5.41) is 8.98. The third-order valence-corrected chi connectivity index (χ3v) is 3.00. The molecule has 0 aliphatic rings. The summed E-state index contributed by atoms with van der Waals surface area (Å²) in [6.45, 7) is 0.759. The van der Waals surface area contributed by atoms with Crippen LogP contribution in [0.25, 0.3) is 0 Å². The highest BCUT2D eigenvalue weighted by molar-refractivity contribution is 5.18. The minimum Gasteiger partial charge on any atom is -0.396 e. The molecule has 0 spiro atoms. The Morgan fingerprint density at radius 2 is 1.79 bits per heavy atom. The van der Waals surface area contributed by atoms with E-state index in [4.69, 9.17) is 9.84 Å². The Labute approximate surface area is 113 Å². The van der Waals surface area contributed by atoms with Crippen molar-refractivity contribution in [1.82, 2.24) is 4.98 Å². The number of aliphatic hydroxyl groups is 1. The smallest absolute Gasteiger partial charge is 0.0830 e. The lowest BCUT2D eigenvalue weighted by atomic mass is 10.0. The van der Waals surface area contributed by atoms with Crippen LogP contribution in [0.2, 0.25) is 0 Å². The molecule has 0 amide bonds. The van der Waals surface area contributed by atoms with Gasteiger partial charge >= 0.3 is 0 Å². The molecule has 2 aromatic rings. The number of pyridine rings is 1. The lowest BCUT2D eigenvalue weighted by Crippen LogP contribution is -2.05. The van der Waals surface area contributed by atoms with E-state index in [-0.39, 0.29) is 12.7 Å². The van der Waals surface area contributed by atoms with Crippen LogP contribution in [0.15, 0.2) is 54.9 Å². The normalized spacial score (nSPS) is 12.3. The Morgan fingerprint density at radius 3 is 2.47 bits per heavy atom. The van der Waals surface area contributed by atoms with Crippen molar-refractivity contribution in [1.29, 1.82) is 0 Å². The molecular weight excluding hydrogens is 238 g/mol. The minimum atomic E-state index is 0.0292. The maximum Gasteiger partial charge on any atom is 0.0830 e. The van der Waals surface area contributed by atoms with Crippen LogP contribution in [0.3, 0.4) is 0 Å². The molecule has 3 nitrogen and oxygen atoms in total. The summed E-state index contributed by atoms with van der Waals surface area (Å²) < 4.78 is 5.98. The van der Waals surface area contributed by atoms with Crippen molar-refractivity contribution in [3.63, 3.8) is 0 Å². The summed E-state index contributed by atoms with van der Waals surface area (Å²) in [4.78, 5) is 3.99. The van der Waals surface area contributed by atoms with Crippen LogP contribution in [-0.4, -0.2) is 16.7 Å². The predicted molar refractivity (Wildman–Crippen MR) is 74.5 cm³/mol. The average Bonchev–Trinajstić information content (AvgIpc) is 2.49. The van der Waals surface area contributed by atoms with E-state index in [1.807, 2.05) is 30.3 Å². The number of nitrogens with zero attached hydrogens (tertiary/aromatic N) is 1. The Balaban J connectivity index is 1.98. The van der Waals surface area contributed by atoms with Crippen molar-refractivity contribution in [3.8, 4) is 0 Å². The highest BCUT2D eigenvalue weighted by Gasteiger charge is 2.11. The fourth-order valence-electron chi connectivity index (χ4n) is 1.97. The Morgan fingerprint density at radius 1 is 1.05 bits per heavy atom. The summed E-state index contributed by atoms with van der Waals surface area (Å²) in [6.07, 6.45) is 5.14. The van der Waals surface area contributed by atoms with Crippen molar-refractivity contribution in [2.75, 3.05) is 6.61 Å². The minimum absolute atomic E-state index is 0.0292. The summed E-state index contributed by atoms with van der Waals surface area (Å²) in [6, 6.07) is 14.1. The Hall–Kier alpha value is -1.71. The van der Waals surface area contributed by atoms with Crippen molar-refractivity contribution < 1.29 is 9.84 Å². The second-order valence-corrected chi connectivity index (χ2v) is 4.43. The first-order valence-electron chi connectivity index (χ1n) is 6.56. The van der Waals surface area contributed by atoms with Crippen LogP contribution < -0.4 is 0 Å². The van der Waals surface area contributed by atoms with Gasteiger partial charge in [-0.1, -0.05) is 30.3 Å². The van der Waals surface area contributed by atoms with Gasteiger partial charge in [-0.05, 0) is 36.1 Å². The monoisotopic (exact) mass is 257 g/mol. The van der Waals surface area contributed by atoms with E-state index in [1.165, 1.54) is 0 Å². The summed E-state index contributed by atoms with van der Waals surface area (Å²) in [7, 11) is 0. The molecule has 1 aromatic heterocycles. The lowest BCUT2D eigenvalue weighted by Gasteiger charge is -2.18. The van der Waals surface area contributed by atoms with Crippen molar-refractivity contribution in [2.24, 2.45) is 0 Å². The van der Waals surface area contributed by atoms with Crippen LogP contribution in [0.4, 0.5) is 0 Å². The number of rotatable bonds is 7. The fraction of sp³-hybridized carbons (Fsp3) is 0.312. The molecule has 0 saturated carbocycles. The molecule has 0 radical (unpaired) electrons. The van der Waals surface area contributed by atoms with E-state index in [1.54, 1.807) is 12.4 Å². The topological polar surface area (TPSA) is 42.4 Å². The zero-order chi connectivity index (χ0) is 13.3. The number of ether oxygens (including phenoxy) is 1. The molecule has 1 N–H and O–H groups in total. The van der Waals surface area contributed by atoms with Gasteiger partial charge in [0.2, 0.25) is 0 Å². The van der Waals surface area contributed by atoms with E-state index in [0.29, 0.717) is 6.61 Å². The number of aromatic nitrogens is 1. The van der Waals surface area contributed by atoms with E-state index in [2.05, 4.69) is 17.1 Å². The van der Waals surface area contributed by atoms with E-state index in [9.17, 15) is 0 Å². The van der Waals surface area contributed by atoms with E-state index < -0.39 is 0 Å². The van der Waals surface area contributed by atoms with Crippen molar-refractivity contribution >= 4 is 0 Å². The molecule has 0 aliphatic heterocycles.